The number of rotatable bonds is 8. The van der Waals surface area contributed by atoms with Crippen LogP contribution in [0.25, 0.3) is 0 Å². The molecule has 34 heavy (non-hydrogen) atoms. The van der Waals surface area contributed by atoms with Gasteiger partial charge in [0, 0.05) is 25.1 Å². The Morgan fingerprint density at radius 2 is 1.74 bits per heavy atom. The first-order chi connectivity index (χ1) is 15.7. The number of nitrogens with zero attached hydrogens (tertiary/aromatic N) is 2. The maximum Gasteiger partial charge on any atom is 0.331 e. The third-order valence-electron chi connectivity index (χ3n) is 6.11. The number of piperazine rings is 1. The van der Waals surface area contributed by atoms with Crippen LogP contribution in [0.5, 0.6) is 5.75 Å². The molecule has 9 heteroatoms. The zero-order chi connectivity index (χ0) is 25.8. The zero-order valence-corrected chi connectivity index (χ0v) is 20.9. The van der Waals surface area contributed by atoms with E-state index < -0.39 is 29.3 Å². The standard InChI is InChI=1S/C25H36N2O7/c1-16(2)14-25(23(32)33)15-26(20(28)9-10-21(29)30)11-12-27(25)22(31)17-7-8-18(24(3,4)5)19(13-17)34-6/h7-8,13,16H,9-12,14-15H2,1-6H3,(H,29,30)(H,32,33). The highest BCUT2D eigenvalue weighted by molar-refractivity contribution is 5.99. The van der Waals surface area contributed by atoms with Gasteiger partial charge in [0.25, 0.3) is 5.91 Å². The summed E-state index contributed by atoms with van der Waals surface area (Å²) in [5.74, 6) is -2.69. The highest BCUT2D eigenvalue weighted by Gasteiger charge is 2.51. The number of carboxylic acids is 2. The lowest BCUT2D eigenvalue weighted by molar-refractivity contribution is -0.159. The Balaban J connectivity index is 2.46. The number of hydrogen-bond donors (Lipinski definition) is 2. The predicted molar refractivity (Wildman–Crippen MR) is 126 cm³/mol. The van der Waals surface area contributed by atoms with Crippen LogP contribution in [-0.4, -0.2) is 76.0 Å². The highest BCUT2D eigenvalue weighted by Crippen LogP contribution is 2.35. The number of hydrogen-bond acceptors (Lipinski definition) is 5. The van der Waals surface area contributed by atoms with Crippen LogP contribution in [0.4, 0.5) is 0 Å². The fraction of sp³-hybridized carbons (Fsp3) is 0.600. The molecule has 1 heterocycles. The van der Waals surface area contributed by atoms with Crippen molar-refractivity contribution in [1.82, 2.24) is 9.80 Å². The molecule has 1 aromatic carbocycles. The lowest BCUT2D eigenvalue weighted by Crippen LogP contribution is -2.68. The largest absolute Gasteiger partial charge is 0.496 e. The van der Waals surface area contributed by atoms with Crippen LogP contribution >= 0.6 is 0 Å². The van der Waals surface area contributed by atoms with Crippen molar-refractivity contribution >= 4 is 23.8 Å². The summed E-state index contributed by atoms with van der Waals surface area (Å²) in [7, 11) is 1.53. The Labute approximate surface area is 200 Å². The Morgan fingerprint density at radius 3 is 2.24 bits per heavy atom. The van der Waals surface area contributed by atoms with Crippen LogP contribution in [0.3, 0.4) is 0 Å². The van der Waals surface area contributed by atoms with Crippen molar-refractivity contribution in [2.45, 2.75) is 64.8 Å². The summed E-state index contributed by atoms with van der Waals surface area (Å²) in [6.45, 7) is 9.79. The minimum Gasteiger partial charge on any atom is -0.496 e. The van der Waals surface area contributed by atoms with Gasteiger partial charge in [-0.2, -0.15) is 0 Å². The van der Waals surface area contributed by atoms with Crippen LogP contribution in [0.15, 0.2) is 18.2 Å². The molecule has 2 N–H and O–H groups in total. The number of amides is 2. The molecule has 0 bridgehead atoms. The Bertz CT molecular complexity index is 951. The van der Waals surface area contributed by atoms with Gasteiger partial charge < -0.3 is 24.7 Å². The number of ether oxygens (including phenoxy) is 1. The zero-order valence-electron chi connectivity index (χ0n) is 20.9. The molecule has 0 saturated carbocycles. The summed E-state index contributed by atoms with van der Waals surface area (Å²) >= 11 is 0. The molecular weight excluding hydrogens is 440 g/mol. The van der Waals surface area contributed by atoms with Gasteiger partial charge in [0.2, 0.25) is 5.91 Å². The van der Waals surface area contributed by atoms with E-state index in [-0.39, 0.29) is 50.2 Å². The van der Waals surface area contributed by atoms with Gasteiger partial charge in [-0.05, 0) is 35.4 Å². The smallest absolute Gasteiger partial charge is 0.331 e. The second-order valence-corrected chi connectivity index (χ2v) is 10.3. The van der Waals surface area contributed by atoms with Gasteiger partial charge in [-0.15, -0.1) is 0 Å². The fourth-order valence-corrected chi connectivity index (χ4v) is 4.52. The van der Waals surface area contributed by atoms with Crippen molar-refractivity contribution in [1.29, 1.82) is 0 Å². The van der Waals surface area contributed by atoms with E-state index in [2.05, 4.69) is 0 Å². The van der Waals surface area contributed by atoms with E-state index in [0.29, 0.717) is 11.3 Å². The second-order valence-electron chi connectivity index (χ2n) is 10.3. The molecule has 2 amide bonds. The van der Waals surface area contributed by atoms with Crippen LogP contribution in [0, 0.1) is 5.92 Å². The second kappa shape index (κ2) is 10.4. The molecule has 1 aliphatic heterocycles. The molecule has 1 atom stereocenters. The van der Waals surface area contributed by atoms with E-state index in [1.807, 2.05) is 40.7 Å². The minimum absolute atomic E-state index is 0.0278. The third-order valence-corrected chi connectivity index (χ3v) is 6.11. The van der Waals surface area contributed by atoms with Gasteiger partial charge >= 0.3 is 11.9 Å². The molecule has 1 fully saturated rings. The third kappa shape index (κ3) is 5.87. The molecule has 1 saturated heterocycles. The predicted octanol–water partition coefficient (Wildman–Crippen LogP) is 3.01. The van der Waals surface area contributed by atoms with Crippen molar-refractivity contribution in [2.24, 2.45) is 5.92 Å². The molecule has 0 spiro atoms. The summed E-state index contributed by atoms with van der Waals surface area (Å²) in [6.07, 6.45) is -0.401. The SMILES string of the molecule is COc1cc(C(=O)N2CCN(C(=O)CCC(=O)O)CC2(CC(C)C)C(=O)O)ccc1C(C)(C)C. The molecule has 2 rings (SSSR count). The molecule has 1 aromatic rings. The number of carboxylic acid groups (broad SMARTS) is 2. The number of methoxy groups -OCH3 is 1. The van der Waals surface area contributed by atoms with E-state index in [9.17, 15) is 24.3 Å². The summed E-state index contributed by atoms with van der Waals surface area (Å²) in [5.41, 5.74) is -0.604. The summed E-state index contributed by atoms with van der Waals surface area (Å²) < 4.78 is 5.52. The average molecular weight is 477 g/mol. The number of carbonyl (C=O) groups excluding carboxylic acids is 2. The monoisotopic (exact) mass is 476 g/mol. The van der Waals surface area contributed by atoms with Crippen molar-refractivity contribution in [2.75, 3.05) is 26.7 Å². The van der Waals surface area contributed by atoms with E-state index in [0.717, 1.165) is 5.56 Å². The van der Waals surface area contributed by atoms with Crippen LogP contribution in [-0.2, 0) is 19.8 Å². The number of benzene rings is 1. The van der Waals surface area contributed by atoms with E-state index >= 15 is 0 Å². The van der Waals surface area contributed by atoms with E-state index in [1.54, 1.807) is 12.1 Å². The van der Waals surface area contributed by atoms with Crippen molar-refractivity contribution in [3.8, 4) is 5.75 Å². The van der Waals surface area contributed by atoms with Gasteiger partial charge in [0.15, 0.2) is 5.54 Å². The summed E-state index contributed by atoms with van der Waals surface area (Å²) in [6, 6.07) is 5.13. The Kier molecular flexibility index (Phi) is 8.34. The quantitative estimate of drug-likeness (QED) is 0.591. The van der Waals surface area contributed by atoms with Crippen molar-refractivity contribution in [3.05, 3.63) is 29.3 Å². The maximum atomic E-state index is 13.6. The lowest BCUT2D eigenvalue weighted by Gasteiger charge is -2.49. The highest BCUT2D eigenvalue weighted by atomic mass is 16.5. The number of carbonyl (C=O) groups is 4. The average Bonchev–Trinajstić information content (AvgIpc) is 2.75. The molecule has 1 aliphatic rings. The van der Waals surface area contributed by atoms with Gasteiger partial charge in [0.1, 0.15) is 5.75 Å². The van der Waals surface area contributed by atoms with Gasteiger partial charge in [-0.1, -0.05) is 40.7 Å². The van der Waals surface area contributed by atoms with Crippen molar-refractivity contribution in [3.63, 3.8) is 0 Å². The minimum atomic E-state index is -1.63. The van der Waals surface area contributed by atoms with Crippen LogP contribution in [0.1, 0.15) is 69.8 Å². The van der Waals surface area contributed by atoms with E-state index in [4.69, 9.17) is 9.84 Å². The fourth-order valence-electron chi connectivity index (χ4n) is 4.52. The van der Waals surface area contributed by atoms with Gasteiger partial charge in [0.05, 0.1) is 20.1 Å². The first kappa shape index (κ1) is 27.1. The van der Waals surface area contributed by atoms with Gasteiger partial charge in [-0.25, -0.2) is 4.79 Å². The van der Waals surface area contributed by atoms with E-state index in [1.165, 1.54) is 16.9 Å². The summed E-state index contributed by atoms with van der Waals surface area (Å²) in [4.78, 5) is 52.5. The Hall–Kier alpha value is -3.10. The van der Waals surface area contributed by atoms with Crippen LogP contribution < -0.4 is 4.74 Å². The normalized spacial score (nSPS) is 18.7. The first-order valence-electron chi connectivity index (χ1n) is 11.5. The Morgan fingerprint density at radius 1 is 1.09 bits per heavy atom. The maximum absolute atomic E-state index is 13.6. The number of aliphatic carboxylic acids is 2. The molecule has 9 nitrogen and oxygen atoms in total. The van der Waals surface area contributed by atoms with Gasteiger partial charge in [-0.3, -0.25) is 14.4 Å². The molecule has 0 radical (unpaired) electrons. The molecule has 0 aromatic heterocycles. The molecule has 0 aliphatic carbocycles. The van der Waals surface area contributed by atoms with Crippen molar-refractivity contribution < 1.29 is 34.1 Å². The summed E-state index contributed by atoms with van der Waals surface area (Å²) in [5, 5.41) is 19.2. The first-order valence-corrected chi connectivity index (χ1v) is 11.5. The topological polar surface area (TPSA) is 124 Å². The lowest BCUT2D eigenvalue weighted by atomic mass is 9.83. The molecule has 1 unspecified atom stereocenters. The molecule has 188 valence electrons. The molecular formula is C25H36N2O7. The van der Waals surface area contributed by atoms with Crippen LogP contribution in [0.2, 0.25) is 0 Å².